The number of carbonyl (C=O) groups is 1. The Balaban J connectivity index is 1.35. The number of aromatic nitrogens is 1. The number of hydrogen-bond acceptors (Lipinski definition) is 6. The number of nitrogens with zero attached hydrogens (tertiary/aromatic N) is 2. The zero-order valence-corrected chi connectivity index (χ0v) is 18.3. The van der Waals surface area contributed by atoms with Crippen LogP contribution in [0.5, 0.6) is 5.75 Å². The number of thiazole rings is 1. The van der Waals surface area contributed by atoms with Gasteiger partial charge in [-0.05, 0) is 48.0 Å². The lowest BCUT2D eigenvalue weighted by Gasteiger charge is -2.06. The molecule has 3 aromatic carbocycles. The summed E-state index contributed by atoms with van der Waals surface area (Å²) >= 11 is 13.4. The molecule has 1 N–H and O–H groups in total. The highest BCUT2D eigenvalue weighted by Crippen LogP contribution is 2.25. The molecule has 0 amide bonds. The van der Waals surface area contributed by atoms with Crippen molar-refractivity contribution in [2.45, 2.75) is 0 Å². The van der Waals surface area contributed by atoms with Gasteiger partial charge in [0, 0.05) is 16.0 Å². The second-order valence-electron chi connectivity index (χ2n) is 6.36. The number of benzene rings is 3. The van der Waals surface area contributed by atoms with Crippen molar-refractivity contribution in [1.82, 2.24) is 4.98 Å². The summed E-state index contributed by atoms with van der Waals surface area (Å²) in [5.41, 5.74) is 5.96. The number of ether oxygens (including phenoxy) is 1. The Hall–Kier alpha value is -3.19. The topological polar surface area (TPSA) is 63.6 Å². The van der Waals surface area contributed by atoms with Gasteiger partial charge in [-0.2, -0.15) is 5.10 Å². The van der Waals surface area contributed by atoms with Gasteiger partial charge in [-0.3, -0.25) is 5.43 Å². The molecular formula is C23H15Cl2N3O2S. The summed E-state index contributed by atoms with van der Waals surface area (Å²) in [5.74, 6) is -0.156. The lowest BCUT2D eigenvalue weighted by Crippen LogP contribution is -2.09. The fraction of sp³-hybridized carbons (Fsp3) is 0. The van der Waals surface area contributed by atoms with E-state index in [1.165, 1.54) is 23.5 Å². The van der Waals surface area contributed by atoms with Crippen molar-refractivity contribution < 1.29 is 9.53 Å². The van der Waals surface area contributed by atoms with Gasteiger partial charge in [0.1, 0.15) is 5.75 Å². The average molecular weight is 468 g/mol. The second kappa shape index (κ2) is 9.75. The Kier molecular flexibility index (Phi) is 6.62. The highest BCUT2D eigenvalue weighted by molar-refractivity contribution is 7.14. The van der Waals surface area contributed by atoms with Gasteiger partial charge in [0.15, 0.2) is 0 Å². The SMILES string of the molecule is O=C(Oc1ccc(/C=N\Nc2nc(-c3ccccc3)cs2)cc1)c1ccc(Cl)cc1Cl. The summed E-state index contributed by atoms with van der Waals surface area (Å²) in [4.78, 5) is 16.8. The van der Waals surface area contributed by atoms with Crippen molar-refractivity contribution in [2.24, 2.45) is 5.10 Å². The number of hydrogen-bond donors (Lipinski definition) is 1. The van der Waals surface area contributed by atoms with Gasteiger partial charge >= 0.3 is 5.97 Å². The third-order valence-corrected chi connectivity index (χ3v) is 5.48. The lowest BCUT2D eigenvalue weighted by atomic mass is 10.2. The summed E-state index contributed by atoms with van der Waals surface area (Å²) in [6, 6.07) is 21.5. The Morgan fingerprint density at radius 3 is 2.55 bits per heavy atom. The fourth-order valence-corrected chi connectivity index (χ4v) is 3.82. The van der Waals surface area contributed by atoms with E-state index in [9.17, 15) is 4.79 Å². The quantitative estimate of drug-likeness (QED) is 0.147. The monoisotopic (exact) mass is 467 g/mol. The van der Waals surface area contributed by atoms with E-state index in [2.05, 4.69) is 15.5 Å². The number of hydrazone groups is 1. The molecular weight excluding hydrogens is 453 g/mol. The summed E-state index contributed by atoms with van der Waals surface area (Å²) in [6.45, 7) is 0. The molecule has 0 saturated carbocycles. The first-order chi connectivity index (χ1) is 15.1. The summed E-state index contributed by atoms with van der Waals surface area (Å²) in [6.07, 6.45) is 1.66. The minimum Gasteiger partial charge on any atom is -0.423 e. The minimum atomic E-state index is -0.553. The van der Waals surface area contributed by atoms with E-state index in [1.807, 2.05) is 35.7 Å². The maximum atomic E-state index is 12.3. The van der Waals surface area contributed by atoms with Crippen LogP contribution in [0.25, 0.3) is 11.3 Å². The van der Waals surface area contributed by atoms with Gasteiger partial charge < -0.3 is 4.74 Å². The van der Waals surface area contributed by atoms with Gasteiger partial charge in [-0.25, -0.2) is 9.78 Å². The molecule has 154 valence electrons. The zero-order chi connectivity index (χ0) is 21.6. The fourth-order valence-electron chi connectivity index (χ4n) is 2.67. The number of rotatable bonds is 6. The number of halogens is 2. The molecule has 0 unspecified atom stereocenters. The van der Waals surface area contributed by atoms with Gasteiger partial charge in [-0.15, -0.1) is 11.3 Å². The van der Waals surface area contributed by atoms with Gasteiger partial charge in [-0.1, -0.05) is 53.5 Å². The number of carbonyl (C=O) groups excluding carboxylic acids is 1. The molecule has 1 aromatic heterocycles. The molecule has 8 heteroatoms. The molecule has 0 radical (unpaired) electrons. The Morgan fingerprint density at radius 2 is 1.81 bits per heavy atom. The van der Waals surface area contributed by atoms with Crippen LogP contribution >= 0.6 is 34.5 Å². The van der Waals surface area contributed by atoms with Crippen molar-refractivity contribution in [3.05, 3.63) is 99.3 Å². The molecule has 1 heterocycles. The summed E-state index contributed by atoms with van der Waals surface area (Å²) < 4.78 is 5.36. The molecule has 0 aliphatic heterocycles. The first-order valence-corrected chi connectivity index (χ1v) is 10.8. The third kappa shape index (κ3) is 5.49. The van der Waals surface area contributed by atoms with E-state index in [-0.39, 0.29) is 10.6 Å². The van der Waals surface area contributed by atoms with Gasteiger partial charge in [0.25, 0.3) is 0 Å². The number of anilines is 1. The van der Waals surface area contributed by atoms with Gasteiger partial charge in [0.05, 0.1) is 22.5 Å². The molecule has 0 aliphatic carbocycles. The standard InChI is InChI=1S/C23H15Cl2N3O2S/c24-17-8-11-19(20(25)12-17)22(29)30-18-9-6-15(7-10-18)13-26-28-23-27-21(14-31-23)16-4-2-1-3-5-16/h1-14H,(H,27,28)/b26-13-. The van der Waals surface area contributed by atoms with Gasteiger partial charge in [0.2, 0.25) is 5.13 Å². The predicted octanol–water partition coefficient (Wildman–Crippen LogP) is 6.78. The van der Waals surface area contributed by atoms with E-state index in [0.717, 1.165) is 16.8 Å². The Bertz CT molecular complexity index is 1230. The van der Waals surface area contributed by atoms with E-state index in [0.29, 0.717) is 15.9 Å². The van der Waals surface area contributed by atoms with Crippen LogP contribution in [0.4, 0.5) is 5.13 Å². The molecule has 0 bridgehead atoms. The molecule has 4 rings (SSSR count). The maximum Gasteiger partial charge on any atom is 0.345 e. The van der Waals surface area contributed by atoms with Crippen LogP contribution in [0.15, 0.2) is 83.3 Å². The first kappa shape index (κ1) is 21.1. The maximum absolute atomic E-state index is 12.3. The highest BCUT2D eigenvalue weighted by Gasteiger charge is 2.13. The van der Waals surface area contributed by atoms with Crippen LogP contribution in [-0.2, 0) is 0 Å². The van der Waals surface area contributed by atoms with E-state index >= 15 is 0 Å². The van der Waals surface area contributed by atoms with Crippen LogP contribution in [0, 0.1) is 0 Å². The molecule has 0 fully saturated rings. The third-order valence-electron chi connectivity index (χ3n) is 4.19. The molecule has 4 aromatic rings. The van der Waals surface area contributed by atoms with Crippen molar-refractivity contribution in [3.8, 4) is 17.0 Å². The first-order valence-electron chi connectivity index (χ1n) is 9.16. The van der Waals surface area contributed by atoms with Crippen LogP contribution in [-0.4, -0.2) is 17.2 Å². The summed E-state index contributed by atoms with van der Waals surface area (Å²) in [5, 5.41) is 7.57. The number of esters is 1. The van der Waals surface area contributed by atoms with E-state index in [1.54, 1.807) is 36.5 Å². The second-order valence-corrected chi connectivity index (χ2v) is 8.06. The van der Waals surface area contributed by atoms with E-state index < -0.39 is 5.97 Å². The summed E-state index contributed by atoms with van der Waals surface area (Å²) in [7, 11) is 0. The van der Waals surface area contributed by atoms with Crippen LogP contribution < -0.4 is 10.2 Å². The van der Waals surface area contributed by atoms with Crippen LogP contribution in [0.3, 0.4) is 0 Å². The normalized spacial score (nSPS) is 10.9. The van der Waals surface area contributed by atoms with Crippen molar-refractivity contribution in [1.29, 1.82) is 0 Å². The molecule has 31 heavy (non-hydrogen) atoms. The zero-order valence-electron chi connectivity index (χ0n) is 16.0. The van der Waals surface area contributed by atoms with Crippen molar-refractivity contribution >= 4 is 51.9 Å². The van der Waals surface area contributed by atoms with Crippen molar-refractivity contribution in [2.75, 3.05) is 5.43 Å². The molecule has 5 nitrogen and oxygen atoms in total. The molecule has 0 atom stereocenters. The van der Waals surface area contributed by atoms with Crippen molar-refractivity contribution in [3.63, 3.8) is 0 Å². The Labute approximate surface area is 192 Å². The molecule has 0 spiro atoms. The molecule has 0 aliphatic rings. The largest absolute Gasteiger partial charge is 0.423 e. The number of nitrogens with one attached hydrogen (secondary N) is 1. The van der Waals surface area contributed by atoms with Crippen LogP contribution in [0.2, 0.25) is 10.0 Å². The smallest absolute Gasteiger partial charge is 0.345 e. The van der Waals surface area contributed by atoms with E-state index in [4.69, 9.17) is 27.9 Å². The molecule has 0 saturated heterocycles. The predicted molar refractivity (Wildman–Crippen MR) is 127 cm³/mol. The lowest BCUT2D eigenvalue weighted by molar-refractivity contribution is 0.0735. The minimum absolute atomic E-state index is 0.241. The van der Waals surface area contributed by atoms with Crippen LogP contribution in [0.1, 0.15) is 15.9 Å². The highest BCUT2D eigenvalue weighted by atomic mass is 35.5. The average Bonchev–Trinajstić information content (AvgIpc) is 3.24. The Morgan fingerprint density at radius 1 is 1.03 bits per heavy atom.